The molecule has 0 bridgehead atoms. The number of hydrogen-bond acceptors (Lipinski definition) is 5. The lowest BCUT2D eigenvalue weighted by Gasteiger charge is -2.13. The summed E-state index contributed by atoms with van der Waals surface area (Å²) in [4.78, 5) is 9.96. The van der Waals surface area contributed by atoms with Crippen LogP contribution in [0.3, 0.4) is 0 Å². The van der Waals surface area contributed by atoms with Gasteiger partial charge in [-0.05, 0) is 32.0 Å². The van der Waals surface area contributed by atoms with E-state index in [9.17, 15) is 8.78 Å². The van der Waals surface area contributed by atoms with Gasteiger partial charge >= 0.3 is 6.61 Å². The predicted octanol–water partition coefficient (Wildman–Crippen LogP) is 3.98. The molecule has 1 aromatic heterocycles. The van der Waals surface area contributed by atoms with E-state index in [-0.39, 0.29) is 36.3 Å². The standard InChI is InChI=1S/C18H24F2N4O2S.HI/c1-4-21-18(22-8-7-16-23-10-12(2)27-16)24-11-13-9-14(25-3)5-6-15(13)26-17(19)20;/h5-6,9-10,17H,4,7-8,11H2,1-3H3,(H2,21,22,24);1H. The number of ether oxygens (including phenoxy) is 2. The minimum atomic E-state index is -2.89. The van der Waals surface area contributed by atoms with Crippen molar-refractivity contribution >= 4 is 41.3 Å². The zero-order valence-electron chi connectivity index (χ0n) is 16.0. The molecule has 1 heterocycles. The third-order valence-corrected chi connectivity index (χ3v) is 4.51. The number of alkyl halides is 2. The second kappa shape index (κ2) is 12.7. The number of thiazole rings is 1. The van der Waals surface area contributed by atoms with Crippen LogP contribution < -0.4 is 20.1 Å². The average molecular weight is 526 g/mol. The van der Waals surface area contributed by atoms with Gasteiger partial charge < -0.3 is 20.1 Å². The fourth-order valence-corrected chi connectivity index (χ4v) is 3.11. The Morgan fingerprint density at radius 3 is 2.71 bits per heavy atom. The van der Waals surface area contributed by atoms with Crippen molar-refractivity contribution in [2.75, 3.05) is 20.2 Å². The summed E-state index contributed by atoms with van der Waals surface area (Å²) in [5, 5.41) is 7.41. The lowest BCUT2D eigenvalue weighted by atomic mass is 10.2. The number of halogens is 3. The molecule has 0 fully saturated rings. The van der Waals surface area contributed by atoms with Crippen LogP contribution >= 0.6 is 35.3 Å². The van der Waals surface area contributed by atoms with E-state index in [4.69, 9.17) is 4.74 Å². The maximum atomic E-state index is 12.6. The quantitative estimate of drug-likeness (QED) is 0.294. The number of nitrogens with zero attached hydrogens (tertiary/aromatic N) is 2. The fourth-order valence-electron chi connectivity index (χ4n) is 2.33. The molecule has 10 heteroatoms. The van der Waals surface area contributed by atoms with Gasteiger partial charge in [-0.3, -0.25) is 0 Å². The first kappa shape index (κ1) is 24.3. The zero-order chi connectivity index (χ0) is 19.6. The third-order valence-electron chi connectivity index (χ3n) is 3.54. The fraction of sp³-hybridized carbons (Fsp3) is 0.444. The lowest BCUT2D eigenvalue weighted by Crippen LogP contribution is -2.38. The number of hydrogen-bond donors (Lipinski definition) is 2. The topological polar surface area (TPSA) is 67.8 Å². The molecule has 2 rings (SSSR count). The van der Waals surface area contributed by atoms with E-state index in [2.05, 4.69) is 25.3 Å². The molecule has 2 N–H and O–H groups in total. The molecule has 28 heavy (non-hydrogen) atoms. The van der Waals surface area contributed by atoms with Crippen molar-refractivity contribution in [3.63, 3.8) is 0 Å². The largest absolute Gasteiger partial charge is 0.497 e. The van der Waals surface area contributed by atoms with Crippen molar-refractivity contribution in [3.8, 4) is 11.5 Å². The Bertz CT molecular complexity index is 759. The van der Waals surface area contributed by atoms with Crippen LogP contribution in [0.4, 0.5) is 8.78 Å². The summed E-state index contributed by atoms with van der Waals surface area (Å²) in [5.41, 5.74) is 0.516. The van der Waals surface area contributed by atoms with Crippen LogP contribution in [-0.4, -0.2) is 37.8 Å². The molecule has 0 aliphatic rings. The van der Waals surface area contributed by atoms with Gasteiger partial charge in [-0.25, -0.2) is 9.98 Å². The van der Waals surface area contributed by atoms with Crippen LogP contribution in [0, 0.1) is 6.92 Å². The Morgan fingerprint density at radius 1 is 1.32 bits per heavy atom. The van der Waals surface area contributed by atoms with Gasteiger partial charge in [0, 0.05) is 36.1 Å². The number of aromatic nitrogens is 1. The predicted molar refractivity (Wildman–Crippen MR) is 118 cm³/mol. The number of aryl methyl sites for hydroxylation is 1. The molecule has 0 amide bonds. The minimum absolute atomic E-state index is 0. The number of aliphatic imine (C=N–C) groups is 1. The van der Waals surface area contributed by atoms with Crippen LogP contribution in [0.2, 0.25) is 0 Å². The molecule has 0 spiro atoms. The second-order valence-electron chi connectivity index (χ2n) is 5.59. The summed E-state index contributed by atoms with van der Waals surface area (Å²) in [7, 11) is 1.52. The third kappa shape index (κ3) is 8.13. The number of benzene rings is 1. The van der Waals surface area contributed by atoms with Gasteiger partial charge in [0.05, 0.1) is 18.7 Å². The molecule has 6 nitrogen and oxygen atoms in total. The molecule has 0 atom stereocenters. The SMILES string of the molecule is CCNC(=NCc1cc(OC)ccc1OC(F)F)NCCc1ncc(C)s1.I. The van der Waals surface area contributed by atoms with Crippen molar-refractivity contribution < 1.29 is 18.3 Å². The van der Waals surface area contributed by atoms with E-state index in [1.165, 1.54) is 18.1 Å². The van der Waals surface area contributed by atoms with Gasteiger partial charge in [0.25, 0.3) is 0 Å². The monoisotopic (exact) mass is 526 g/mol. The molecule has 0 unspecified atom stereocenters. The van der Waals surface area contributed by atoms with Gasteiger partial charge in [0.15, 0.2) is 5.96 Å². The Morgan fingerprint density at radius 2 is 2.11 bits per heavy atom. The summed E-state index contributed by atoms with van der Waals surface area (Å²) < 4.78 is 35.0. The second-order valence-corrected chi connectivity index (χ2v) is 6.91. The summed E-state index contributed by atoms with van der Waals surface area (Å²) >= 11 is 1.66. The molecule has 0 aliphatic heterocycles. The highest BCUT2D eigenvalue weighted by atomic mass is 127. The summed E-state index contributed by atoms with van der Waals surface area (Å²) in [6, 6.07) is 4.68. The summed E-state index contributed by atoms with van der Waals surface area (Å²) in [6.45, 7) is 2.60. The number of rotatable bonds is 9. The average Bonchev–Trinajstić information content (AvgIpc) is 3.05. The normalized spacial score (nSPS) is 11.1. The van der Waals surface area contributed by atoms with Gasteiger partial charge in [0.1, 0.15) is 11.5 Å². The highest BCUT2D eigenvalue weighted by Crippen LogP contribution is 2.26. The van der Waals surface area contributed by atoms with Crippen LogP contribution in [-0.2, 0) is 13.0 Å². The summed E-state index contributed by atoms with van der Waals surface area (Å²) in [5.74, 6) is 1.24. The van der Waals surface area contributed by atoms with Crippen molar-refractivity contribution in [1.82, 2.24) is 15.6 Å². The van der Waals surface area contributed by atoms with Crippen LogP contribution in [0.25, 0.3) is 0 Å². The Labute approximate surface area is 184 Å². The van der Waals surface area contributed by atoms with Crippen LogP contribution in [0.5, 0.6) is 11.5 Å². The van der Waals surface area contributed by atoms with Crippen molar-refractivity contribution in [2.45, 2.75) is 33.4 Å². The van der Waals surface area contributed by atoms with Gasteiger partial charge in [-0.1, -0.05) is 0 Å². The van der Waals surface area contributed by atoms with Gasteiger partial charge in [-0.2, -0.15) is 8.78 Å². The van der Waals surface area contributed by atoms with Crippen LogP contribution in [0.1, 0.15) is 22.4 Å². The molecular formula is C18H25F2IN4O2S. The summed E-state index contributed by atoms with van der Waals surface area (Å²) in [6.07, 6.45) is 2.63. The minimum Gasteiger partial charge on any atom is -0.497 e. The highest BCUT2D eigenvalue weighted by molar-refractivity contribution is 14.0. The Balaban J connectivity index is 0.00000392. The molecule has 1 aromatic carbocycles. The molecule has 0 saturated carbocycles. The highest BCUT2D eigenvalue weighted by Gasteiger charge is 2.11. The number of guanidine groups is 1. The first-order chi connectivity index (χ1) is 13.0. The van der Waals surface area contributed by atoms with Gasteiger partial charge in [0.2, 0.25) is 0 Å². The first-order valence-electron chi connectivity index (χ1n) is 8.57. The Kier molecular flexibility index (Phi) is 11.0. The lowest BCUT2D eigenvalue weighted by molar-refractivity contribution is -0.0504. The molecule has 2 aromatic rings. The van der Waals surface area contributed by atoms with E-state index >= 15 is 0 Å². The van der Waals surface area contributed by atoms with Crippen molar-refractivity contribution in [1.29, 1.82) is 0 Å². The van der Waals surface area contributed by atoms with E-state index in [0.29, 0.717) is 30.4 Å². The van der Waals surface area contributed by atoms with E-state index < -0.39 is 6.61 Å². The Hall–Kier alpha value is -1.69. The smallest absolute Gasteiger partial charge is 0.387 e. The zero-order valence-corrected chi connectivity index (χ0v) is 19.1. The van der Waals surface area contributed by atoms with E-state index in [0.717, 1.165) is 11.4 Å². The van der Waals surface area contributed by atoms with Crippen molar-refractivity contribution in [3.05, 3.63) is 39.8 Å². The first-order valence-corrected chi connectivity index (χ1v) is 9.38. The molecule has 0 radical (unpaired) electrons. The molecule has 156 valence electrons. The molecule has 0 aliphatic carbocycles. The van der Waals surface area contributed by atoms with Gasteiger partial charge in [-0.15, -0.1) is 35.3 Å². The van der Waals surface area contributed by atoms with E-state index in [1.54, 1.807) is 23.5 Å². The number of nitrogens with one attached hydrogen (secondary N) is 2. The molecule has 0 saturated heterocycles. The van der Waals surface area contributed by atoms with Crippen molar-refractivity contribution in [2.24, 2.45) is 4.99 Å². The van der Waals surface area contributed by atoms with Crippen LogP contribution in [0.15, 0.2) is 29.4 Å². The number of methoxy groups -OCH3 is 1. The maximum absolute atomic E-state index is 12.6. The molecular weight excluding hydrogens is 501 g/mol. The van der Waals surface area contributed by atoms with E-state index in [1.807, 2.05) is 20.0 Å². The maximum Gasteiger partial charge on any atom is 0.387 e.